The van der Waals surface area contributed by atoms with Crippen molar-refractivity contribution in [1.82, 2.24) is 0 Å². The lowest BCUT2D eigenvalue weighted by Crippen LogP contribution is -2.29. The second kappa shape index (κ2) is 5.34. The van der Waals surface area contributed by atoms with Crippen LogP contribution in [0, 0.1) is 5.92 Å². The Balaban J connectivity index is 2.28. The summed E-state index contributed by atoms with van der Waals surface area (Å²) < 4.78 is 38.7. The number of anilines is 1. The normalized spacial score (nSPS) is 15.8. The van der Waals surface area contributed by atoms with Crippen molar-refractivity contribution in [2.45, 2.75) is 25.4 Å². The minimum atomic E-state index is -4.67. The van der Waals surface area contributed by atoms with Crippen molar-refractivity contribution in [2.75, 3.05) is 18.5 Å². The highest BCUT2D eigenvalue weighted by Crippen LogP contribution is 2.35. The molecule has 1 N–H and O–H groups in total. The molecule has 0 aliphatic heterocycles. The first-order valence-corrected chi connectivity index (χ1v) is 6.44. The molecule has 0 aromatic heterocycles. The van der Waals surface area contributed by atoms with E-state index in [-0.39, 0.29) is 0 Å². The fourth-order valence-corrected chi connectivity index (χ4v) is 2.36. The molecular weight excluding hydrogens is 271 g/mol. The molecule has 1 aliphatic carbocycles. The van der Waals surface area contributed by atoms with Gasteiger partial charge in [0.25, 0.3) is 0 Å². The summed E-state index contributed by atoms with van der Waals surface area (Å²) in [6, 6.07) is 3.37. The minimum Gasteiger partial charge on any atom is -0.478 e. The van der Waals surface area contributed by atoms with Gasteiger partial charge in [-0.15, -0.1) is 0 Å². The number of nitrogens with zero attached hydrogens (tertiary/aromatic N) is 1. The van der Waals surface area contributed by atoms with Gasteiger partial charge >= 0.3 is 12.1 Å². The van der Waals surface area contributed by atoms with Crippen LogP contribution in [-0.4, -0.2) is 24.7 Å². The summed E-state index contributed by atoms with van der Waals surface area (Å²) in [7, 11) is 1.73. The molecule has 0 amide bonds. The third kappa shape index (κ3) is 3.05. The predicted octanol–water partition coefficient (Wildman–Crippen LogP) is 3.64. The van der Waals surface area contributed by atoms with E-state index in [0.29, 0.717) is 18.2 Å². The molecule has 0 unspecified atom stereocenters. The van der Waals surface area contributed by atoms with Crippen molar-refractivity contribution < 1.29 is 23.1 Å². The number of carboxylic acids is 1. The highest BCUT2D eigenvalue weighted by molar-refractivity contribution is 5.90. The first-order chi connectivity index (χ1) is 9.29. The van der Waals surface area contributed by atoms with Crippen molar-refractivity contribution in [2.24, 2.45) is 5.92 Å². The van der Waals surface area contributed by atoms with Crippen LogP contribution in [0.4, 0.5) is 18.9 Å². The molecule has 0 bridgehead atoms. The monoisotopic (exact) mass is 287 g/mol. The average Bonchev–Trinajstić information content (AvgIpc) is 2.31. The Kier molecular flexibility index (Phi) is 3.92. The Labute approximate surface area is 115 Å². The first kappa shape index (κ1) is 14.7. The van der Waals surface area contributed by atoms with Gasteiger partial charge in [-0.05, 0) is 37.0 Å². The van der Waals surface area contributed by atoms with E-state index in [4.69, 9.17) is 5.11 Å². The maximum Gasteiger partial charge on any atom is 0.417 e. The Morgan fingerprint density at radius 3 is 2.50 bits per heavy atom. The molecule has 110 valence electrons. The lowest BCUT2D eigenvalue weighted by Gasteiger charge is -2.31. The van der Waals surface area contributed by atoms with Gasteiger partial charge in [-0.3, -0.25) is 0 Å². The van der Waals surface area contributed by atoms with Gasteiger partial charge in [-0.2, -0.15) is 13.2 Å². The summed E-state index contributed by atoms with van der Waals surface area (Å²) in [6.45, 7) is 0.698. The summed E-state index contributed by atoms with van der Waals surface area (Å²) >= 11 is 0. The lowest BCUT2D eigenvalue weighted by atomic mass is 9.85. The Bertz CT molecular complexity index is 510. The van der Waals surface area contributed by atoms with Crippen LogP contribution in [0.1, 0.15) is 35.2 Å². The van der Waals surface area contributed by atoms with Gasteiger partial charge in [-0.1, -0.05) is 6.42 Å². The van der Waals surface area contributed by atoms with Gasteiger partial charge < -0.3 is 10.0 Å². The summed E-state index contributed by atoms with van der Waals surface area (Å²) in [5.41, 5.74) is -1.41. The lowest BCUT2D eigenvalue weighted by molar-refractivity contribution is -0.138. The van der Waals surface area contributed by atoms with E-state index in [1.54, 1.807) is 11.9 Å². The molecule has 1 aromatic carbocycles. The van der Waals surface area contributed by atoms with E-state index < -0.39 is 23.3 Å². The third-order valence-electron chi connectivity index (χ3n) is 3.74. The van der Waals surface area contributed by atoms with Crippen molar-refractivity contribution in [3.05, 3.63) is 29.3 Å². The topological polar surface area (TPSA) is 40.5 Å². The number of benzene rings is 1. The van der Waals surface area contributed by atoms with Crippen LogP contribution < -0.4 is 4.90 Å². The minimum absolute atomic E-state index is 0.397. The quantitative estimate of drug-likeness (QED) is 0.919. The van der Waals surface area contributed by atoms with Crippen LogP contribution in [0.3, 0.4) is 0 Å². The summed E-state index contributed by atoms with van der Waals surface area (Å²) in [4.78, 5) is 12.6. The van der Waals surface area contributed by atoms with Crippen LogP contribution in [0.5, 0.6) is 0 Å². The van der Waals surface area contributed by atoms with Crippen LogP contribution in [0.15, 0.2) is 18.2 Å². The van der Waals surface area contributed by atoms with Gasteiger partial charge in [0.15, 0.2) is 0 Å². The Morgan fingerprint density at radius 2 is 2.05 bits per heavy atom. The van der Waals surface area contributed by atoms with E-state index in [1.165, 1.54) is 12.5 Å². The first-order valence-electron chi connectivity index (χ1n) is 6.44. The molecule has 3 nitrogen and oxygen atoms in total. The largest absolute Gasteiger partial charge is 0.478 e. The molecule has 0 atom stereocenters. The second-order valence-electron chi connectivity index (χ2n) is 5.21. The molecule has 1 aliphatic rings. The summed E-state index contributed by atoms with van der Waals surface area (Å²) in [5.74, 6) is -1.04. The van der Waals surface area contributed by atoms with Gasteiger partial charge in [0.2, 0.25) is 0 Å². The fourth-order valence-electron chi connectivity index (χ4n) is 2.36. The molecule has 0 heterocycles. The SMILES string of the molecule is CN(CC1CCC1)c1ccc(C(=O)O)c(C(F)(F)F)c1. The molecule has 6 heteroatoms. The zero-order valence-corrected chi connectivity index (χ0v) is 11.1. The third-order valence-corrected chi connectivity index (χ3v) is 3.74. The van der Waals surface area contributed by atoms with E-state index in [9.17, 15) is 18.0 Å². The smallest absolute Gasteiger partial charge is 0.417 e. The summed E-state index contributed by atoms with van der Waals surface area (Å²) in [5, 5.41) is 8.84. The fraction of sp³-hybridized carbons (Fsp3) is 0.500. The maximum absolute atomic E-state index is 12.9. The van der Waals surface area contributed by atoms with E-state index in [0.717, 1.165) is 25.0 Å². The van der Waals surface area contributed by atoms with Gasteiger partial charge in [0.1, 0.15) is 0 Å². The van der Waals surface area contributed by atoms with E-state index >= 15 is 0 Å². The molecule has 1 saturated carbocycles. The van der Waals surface area contributed by atoms with Gasteiger partial charge in [0, 0.05) is 19.3 Å². The van der Waals surface area contributed by atoms with Crippen molar-refractivity contribution in [3.8, 4) is 0 Å². The molecule has 0 spiro atoms. The van der Waals surface area contributed by atoms with Crippen molar-refractivity contribution in [1.29, 1.82) is 0 Å². The molecule has 1 aromatic rings. The van der Waals surface area contributed by atoms with Crippen LogP contribution in [-0.2, 0) is 6.18 Å². The second-order valence-corrected chi connectivity index (χ2v) is 5.21. The highest BCUT2D eigenvalue weighted by Gasteiger charge is 2.36. The number of alkyl halides is 3. The zero-order valence-electron chi connectivity index (χ0n) is 11.1. The highest BCUT2D eigenvalue weighted by atomic mass is 19.4. The average molecular weight is 287 g/mol. The van der Waals surface area contributed by atoms with Crippen molar-refractivity contribution in [3.63, 3.8) is 0 Å². The van der Waals surface area contributed by atoms with Crippen LogP contribution in [0.25, 0.3) is 0 Å². The van der Waals surface area contributed by atoms with Gasteiger partial charge in [0.05, 0.1) is 11.1 Å². The van der Waals surface area contributed by atoms with Gasteiger partial charge in [-0.25, -0.2) is 4.79 Å². The number of halogens is 3. The number of carboxylic acid groups (broad SMARTS) is 1. The molecule has 0 saturated heterocycles. The Morgan fingerprint density at radius 1 is 1.40 bits per heavy atom. The molecular formula is C14H16F3NO2. The standard InChI is InChI=1S/C14H16F3NO2/c1-18(8-9-3-2-4-9)10-5-6-11(13(19)20)12(7-10)14(15,16)17/h5-7,9H,2-4,8H2,1H3,(H,19,20). The Hall–Kier alpha value is -1.72. The molecule has 1 fully saturated rings. The van der Waals surface area contributed by atoms with Crippen LogP contribution in [0.2, 0.25) is 0 Å². The van der Waals surface area contributed by atoms with Crippen LogP contribution >= 0.6 is 0 Å². The maximum atomic E-state index is 12.9. The molecule has 0 radical (unpaired) electrons. The summed E-state index contributed by atoms with van der Waals surface area (Å²) in [6.07, 6.45) is -1.29. The number of hydrogen-bond acceptors (Lipinski definition) is 2. The van der Waals surface area contributed by atoms with Crippen molar-refractivity contribution >= 4 is 11.7 Å². The van der Waals surface area contributed by atoms with E-state index in [2.05, 4.69) is 0 Å². The number of carbonyl (C=O) groups is 1. The molecule has 20 heavy (non-hydrogen) atoms. The van der Waals surface area contributed by atoms with E-state index in [1.807, 2.05) is 0 Å². The molecule has 2 rings (SSSR count). The zero-order chi connectivity index (χ0) is 14.9. The number of aromatic carboxylic acids is 1. The number of hydrogen-bond donors (Lipinski definition) is 1. The predicted molar refractivity (Wildman–Crippen MR) is 69.0 cm³/mol. The number of rotatable bonds is 4.